The van der Waals surface area contributed by atoms with Crippen LogP contribution in [0.3, 0.4) is 0 Å². The number of amides is 1. The van der Waals surface area contributed by atoms with Gasteiger partial charge in [-0.05, 0) is 93.8 Å². The Hall–Kier alpha value is -6.06. The van der Waals surface area contributed by atoms with Gasteiger partial charge >= 0.3 is 5.63 Å². The number of benzene rings is 5. The lowest BCUT2D eigenvalue weighted by molar-refractivity contribution is -0.139. The van der Waals surface area contributed by atoms with Crippen molar-refractivity contribution in [3.63, 3.8) is 0 Å². The zero-order valence-electron chi connectivity index (χ0n) is 36.6. The molecule has 1 N–H and O–H groups in total. The summed E-state index contributed by atoms with van der Waals surface area (Å²) in [4.78, 5) is 27.2. The van der Waals surface area contributed by atoms with Gasteiger partial charge in [-0.15, -0.1) is 0 Å². The maximum atomic E-state index is 14.9. The molecule has 0 saturated carbocycles. The number of carbonyl (C=O) groups excluding carboxylic acids is 1. The number of nitrogens with zero attached hydrogens (tertiary/aromatic N) is 3. The first-order chi connectivity index (χ1) is 30.5. The highest BCUT2D eigenvalue weighted by atomic mass is 31.2. The monoisotopic (exact) mass is 868 g/mol. The van der Waals surface area contributed by atoms with Gasteiger partial charge in [0.15, 0.2) is 6.23 Å². The quantitative estimate of drug-likeness (QED) is 0.0275. The Morgan fingerprint density at radius 3 is 1.98 bits per heavy atom. The van der Waals surface area contributed by atoms with Crippen LogP contribution in [0.1, 0.15) is 57.7 Å². The van der Waals surface area contributed by atoms with Gasteiger partial charge in [0.25, 0.3) is 8.53 Å². The Bertz CT molecular complexity index is 2690. The van der Waals surface area contributed by atoms with Crippen LogP contribution in [0.25, 0.3) is 32.8 Å². The molecule has 7 aromatic rings. The van der Waals surface area contributed by atoms with Crippen LogP contribution in [0.4, 0.5) is 0 Å². The van der Waals surface area contributed by atoms with Crippen LogP contribution in [0, 0.1) is 11.3 Å². The van der Waals surface area contributed by atoms with E-state index in [-0.39, 0.29) is 37.6 Å². The van der Waals surface area contributed by atoms with Gasteiger partial charge in [0.05, 0.1) is 38.8 Å². The average Bonchev–Trinajstić information content (AvgIpc) is 3.58. The summed E-state index contributed by atoms with van der Waals surface area (Å²) in [5.41, 5.74) is 2.50. The van der Waals surface area contributed by atoms with Crippen LogP contribution in [0.15, 0.2) is 137 Å². The highest BCUT2D eigenvalue weighted by molar-refractivity contribution is 7.44. The molecule has 1 unspecified atom stereocenters. The fourth-order valence-electron chi connectivity index (χ4n) is 8.08. The number of methoxy groups -OCH3 is 2. The standard InChI is InChI=1S/C50H53N4O8P/c1-33(2)54(34(3)4)63(59-29-13-28-51)62-35(5)49(52-47(55)32-53-44-17-12-11-16-42(44)43-30-36-18-27-48(56)60-46(36)31-45(43)53)61-50(37-14-9-8-10-15-37,38-19-23-40(57-6)24-20-38)39-21-25-41(58-7)26-22-39/h8-12,14-27,30-31,33-35,49H,13,29,32H2,1-7H3,(H,52,55)/t35-,49-,63?/m1/s1. The summed E-state index contributed by atoms with van der Waals surface area (Å²) in [7, 11) is 1.48. The van der Waals surface area contributed by atoms with E-state index in [1.807, 2.05) is 127 Å². The predicted octanol–water partition coefficient (Wildman–Crippen LogP) is 10.1. The van der Waals surface area contributed by atoms with Gasteiger partial charge in [-0.25, -0.2) is 9.46 Å². The molecule has 12 nitrogen and oxygen atoms in total. The van der Waals surface area contributed by atoms with Gasteiger partial charge in [-0.2, -0.15) is 5.26 Å². The molecule has 0 aliphatic heterocycles. The molecule has 5 aromatic carbocycles. The Balaban J connectivity index is 1.38. The first kappa shape index (κ1) is 45.0. The van der Waals surface area contributed by atoms with E-state index in [2.05, 4.69) is 43.8 Å². The lowest BCUT2D eigenvalue weighted by atomic mass is 9.79. The molecule has 0 spiro atoms. The van der Waals surface area contributed by atoms with E-state index >= 15 is 0 Å². The van der Waals surface area contributed by atoms with Gasteiger partial charge < -0.3 is 37.6 Å². The van der Waals surface area contributed by atoms with Crippen LogP contribution < -0.4 is 20.4 Å². The summed E-state index contributed by atoms with van der Waals surface area (Å²) in [6.07, 6.45) is -1.75. The molecule has 0 radical (unpaired) electrons. The van der Waals surface area contributed by atoms with E-state index in [9.17, 15) is 14.9 Å². The van der Waals surface area contributed by atoms with E-state index < -0.39 is 32.1 Å². The second-order valence-corrected chi connectivity index (χ2v) is 17.1. The molecule has 63 heavy (non-hydrogen) atoms. The van der Waals surface area contributed by atoms with Crippen LogP contribution in [-0.2, 0) is 30.7 Å². The van der Waals surface area contributed by atoms with Gasteiger partial charge in [0.1, 0.15) is 35.3 Å². The minimum absolute atomic E-state index is 0.0252. The number of rotatable bonds is 19. The average molecular weight is 869 g/mol. The smallest absolute Gasteiger partial charge is 0.336 e. The highest BCUT2D eigenvalue weighted by Crippen LogP contribution is 2.49. The fraction of sp³-hybridized carbons (Fsp3) is 0.300. The summed E-state index contributed by atoms with van der Waals surface area (Å²) in [5.74, 6) is 0.967. The van der Waals surface area contributed by atoms with Crippen LogP contribution in [0.2, 0.25) is 0 Å². The Kier molecular flexibility index (Phi) is 14.3. The normalized spacial score (nSPS) is 13.4. The first-order valence-electron chi connectivity index (χ1n) is 21.0. The van der Waals surface area contributed by atoms with Crippen molar-refractivity contribution in [3.8, 4) is 17.6 Å². The lowest BCUT2D eigenvalue weighted by Crippen LogP contribution is -2.51. The number of para-hydroxylation sites is 1. The van der Waals surface area contributed by atoms with Gasteiger partial charge in [0.2, 0.25) is 5.91 Å². The molecular weight excluding hydrogens is 816 g/mol. The first-order valence-corrected chi connectivity index (χ1v) is 22.1. The summed E-state index contributed by atoms with van der Waals surface area (Å²) in [6.45, 7) is 10.2. The molecule has 3 atom stereocenters. The fourth-order valence-corrected chi connectivity index (χ4v) is 9.78. The molecule has 2 heterocycles. The highest BCUT2D eigenvalue weighted by Gasteiger charge is 2.43. The summed E-state index contributed by atoms with van der Waals surface area (Å²) in [5, 5.41) is 15.3. The number of aromatic nitrogens is 1. The van der Waals surface area contributed by atoms with Gasteiger partial charge in [-0.1, -0.05) is 72.8 Å². The van der Waals surface area contributed by atoms with E-state index in [0.717, 1.165) is 43.9 Å². The lowest BCUT2D eigenvalue weighted by Gasteiger charge is -2.42. The Morgan fingerprint density at radius 1 is 0.778 bits per heavy atom. The summed E-state index contributed by atoms with van der Waals surface area (Å²) in [6, 6.07) is 42.2. The molecule has 0 bridgehead atoms. The molecule has 0 saturated heterocycles. The van der Waals surface area contributed by atoms with Crippen molar-refractivity contribution in [2.24, 2.45) is 0 Å². The van der Waals surface area contributed by atoms with E-state index in [4.69, 9.17) is 27.7 Å². The van der Waals surface area contributed by atoms with Crippen LogP contribution >= 0.6 is 8.53 Å². The molecule has 0 aliphatic rings. The second kappa shape index (κ2) is 20.0. The van der Waals surface area contributed by atoms with Crippen molar-refractivity contribution in [1.82, 2.24) is 14.6 Å². The zero-order valence-corrected chi connectivity index (χ0v) is 37.5. The molecule has 0 fully saturated rings. The van der Waals surface area contributed by atoms with Crippen molar-refractivity contribution < 1.29 is 32.5 Å². The Morgan fingerprint density at radius 2 is 1.38 bits per heavy atom. The number of hydrogen-bond acceptors (Lipinski definition) is 10. The van der Waals surface area contributed by atoms with Crippen molar-refractivity contribution in [3.05, 3.63) is 155 Å². The maximum Gasteiger partial charge on any atom is 0.336 e. The molecule has 2 aromatic heterocycles. The molecule has 0 aliphatic carbocycles. The number of ether oxygens (including phenoxy) is 3. The third-order valence-electron chi connectivity index (χ3n) is 10.9. The SMILES string of the molecule is COc1ccc(C(O[C@@H](NC(=O)Cn2c3ccccc3c3cc4ccc(=O)oc4cc32)[C@@H](C)OP(OCCC#N)N(C(C)C)C(C)C)(c2ccccc2)c2ccc(OC)cc2)cc1. The number of carbonyl (C=O) groups is 1. The maximum absolute atomic E-state index is 14.9. The molecule has 13 heteroatoms. The molecular formula is C50H53N4O8P. The van der Waals surface area contributed by atoms with Crippen molar-refractivity contribution >= 4 is 47.2 Å². The summed E-state index contributed by atoms with van der Waals surface area (Å²) >= 11 is 0. The third kappa shape index (κ3) is 9.64. The van der Waals surface area contributed by atoms with Crippen molar-refractivity contribution in [2.75, 3.05) is 20.8 Å². The predicted molar refractivity (Wildman–Crippen MR) is 247 cm³/mol. The molecule has 7 rings (SSSR count). The van der Waals surface area contributed by atoms with Gasteiger partial charge in [-0.3, -0.25) is 4.79 Å². The number of fused-ring (bicyclic) bond motifs is 4. The number of nitriles is 1. The van der Waals surface area contributed by atoms with Crippen molar-refractivity contribution in [2.45, 2.75) is 77.6 Å². The molecule has 326 valence electrons. The van der Waals surface area contributed by atoms with Gasteiger partial charge in [0, 0.05) is 45.9 Å². The van der Waals surface area contributed by atoms with E-state index in [0.29, 0.717) is 17.1 Å². The minimum atomic E-state index is -1.76. The van der Waals surface area contributed by atoms with Crippen molar-refractivity contribution in [1.29, 1.82) is 5.26 Å². The largest absolute Gasteiger partial charge is 0.497 e. The Labute approximate surface area is 368 Å². The third-order valence-corrected chi connectivity index (χ3v) is 13.2. The number of nitrogens with one attached hydrogen (secondary N) is 1. The van der Waals surface area contributed by atoms with E-state index in [1.54, 1.807) is 20.3 Å². The van der Waals surface area contributed by atoms with Crippen LogP contribution in [0.5, 0.6) is 11.5 Å². The minimum Gasteiger partial charge on any atom is -0.497 e. The topological polar surface area (TPSA) is 137 Å². The zero-order chi connectivity index (χ0) is 44.7. The van der Waals surface area contributed by atoms with E-state index in [1.165, 1.54) is 6.07 Å². The number of hydrogen-bond donors (Lipinski definition) is 1. The second-order valence-electron chi connectivity index (χ2n) is 15.7. The summed E-state index contributed by atoms with van der Waals surface area (Å²) < 4.78 is 41.7. The molecule has 1 amide bonds. The van der Waals surface area contributed by atoms with Crippen LogP contribution in [-0.4, -0.2) is 60.4 Å².